The van der Waals surface area contributed by atoms with Crippen LogP contribution in [0.4, 0.5) is 4.39 Å². The maximum atomic E-state index is 14.0. The summed E-state index contributed by atoms with van der Waals surface area (Å²) in [6.07, 6.45) is 3.22. The van der Waals surface area contributed by atoms with Crippen LogP contribution >= 0.6 is 11.6 Å². The minimum absolute atomic E-state index is 0.175. The van der Waals surface area contributed by atoms with Gasteiger partial charge in [-0.1, -0.05) is 30.7 Å². The first-order chi connectivity index (χ1) is 10.1. The van der Waals surface area contributed by atoms with E-state index in [0.29, 0.717) is 12.1 Å². The number of hydrogen-bond donors (Lipinski definition) is 1. The monoisotopic (exact) mass is 306 g/mol. The van der Waals surface area contributed by atoms with Gasteiger partial charge in [0.05, 0.1) is 11.7 Å². The molecule has 21 heavy (non-hydrogen) atoms. The average molecular weight is 307 g/mol. The minimum Gasteiger partial charge on any atom is -0.308 e. The molecule has 0 saturated heterocycles. The van der Waals surface area contributed by atoms with Crippen molar-refractivity contribution < 1.29 is 4.39 Å². The fourth-order valence-corrected chi connectivity index (χ4v) is 2.59. The molecule has 1 aromatic heterocycles. The fourth-order valence-electron chi connectivity index (χ4n) is 2.28. The second-order valence-corrected chi connectivity index (χ2v) is 5.58. The molecule has 0 saturated carbocycles. The quantitative estimate of drug-likeness (QED) is 0.852. The van der Waals surface area contributed by atoms with Gasteiger partial charge in [-0.05, 0) is 55.6 Å². The molecule has 0 aliphatic rings. The van der Waals surface area contributed by atoms with Crippen molar-refractivity contribution in [1.29, 1.82) is 0 Å². The van der Waals surface area contributed by atoms with Gasteiger partial charge < -0.3 is 5.32 Å². The van der Waals surface area contributed by atoms with Crippen molar-refractivity contribution in [2.24, 2.45) is 0 Å². The zero-order chi connectivity index (χ0) is 15.2. The third kappa shape index (κ3) is 4.26. The minimum atomic E-state index is -0.283. The first-order valence-corrected chi connectivity index (χ1v) is 7.58. The molecular formula is C17H20ClFN2. The number of aryl methyl sites for hydroxylation is 1. The second kappa shape index (κ2) is 7.53. The van der Waals surface area contributed by atoms with Crippen molar-refractivity contribution in [3.63, 3.8) is 0 Å². The molecule has 1 heterocycles. The Morgan fingerprint density at radius 1 is 1.33 bits per heavy atom. The highest BCUT2D eigenvalue weighted by Crippen LogP contribution is 2.25. The Hall–Kier alpha value is -1.45. The van der Waals surface area contributed by atoms with Gasteiger partial charge >= 0.3 is 0 Å². The lowest BCUT2D eigenvalue weighted by molar-refractivity contribution is 0.483. The topological polar surface area (TPSA) is 24.9 Å². The Labute approximate surface area is 130 Å². The summed E-state index contributed by atoms with van der Waals surface area (Å²) in [5, 5.41) is 4.07. The molecule has 0 spiro atoms. The molecule has 2 aromatic rings. The molecule has 0 amide bonds. The highest BCUT2D eigenvalue weighted by atomic mass is 35.5. The third-order valence-corrected chi connectivity index (χ3v) is 3.74. The van der Waals surface area contributed by atoms with Gasteiger partial charge in [-0.3, -0.25) is 4.98 Å². The number of hydrogen-bond acceptors (Lipinski definition) is 2. The van der Waals surface area contributed by atoms with Crippen molar-refractivity contribution in [2.75, 3.05) is 6.54 Å². The molecule has 0 radical (unpaired) electrons. The molecule has 0 bridgehead atoms. The summed E-state index contributed by atoms with van der Waals surface area (Å²) in [7, 11) is 0. The van der Waals surface area contributed by atoms with Crippen LogP contribution in [0.3, 0.4) is 0 Å². The van der Waals surface area contributed by atoms with Crippen LogP contribution < -0.4 is 5.32 Å². The Morgan fingerprint density at radius 3 is 2.81 bits per heavy atom. The Kier molecular flexibility index (Phi) is 5.71. The normalized spacial score (nSPS) is 12.4. The molecule has 1 N–H and O–H groups in total. The number of benzene rings is 1. The van der Waals surface area contributed by atoms with Crippen LogP contribution in [-0.2, 0) is 6.42 Å². The standard InChI is InChI=1S/C17H20ClFN2/c1-3-8-20-16(17-15(19)5-4-9-21-17)11-13-7-6-12(2)10-14(13)18/h4-7,9-10,16,20H,3,8,11H2,1-2H3. The largest absolute Gasteiger partial charge is 0.308 e. The van der Waals surface area contributed by atoms with E-state index in [-0.39, 0.29) is 11.9 Å². The van der Waals surface area contributed by atoms with E-state index in [1.54, 1.807) is 12.3 Å². The van der Waals surface area contributed by atoms with Crippen LogP contribution in [-0.4, -0.2) is 11.5 Å². The Morgan fingerprint density at radius 2 is 2.14 bits per heavy atom. The van der Waals surface area contributed by atoms with Gasteiger partial charge in [0.1, 0.15) is 5.82 Å². The van der Waals surface area contributed by atoms with E-state index in [0.717, 1.165) is 29.1 Å². The van der Waals surface area contributed by atoms with Crippen LogP contribution in [0.15, 0.2) is 36.5 Å². The smallest absolute Gasteiger partial charge is 0.146 e. The zero-order valence-electron chi connectivity index (χ0n) is 12.4. The van der Waals surface area contributed by atoms with Crippen molar-refractivity contribution in [1.82, 2.24) is 10.3 Å². The van der Waals surface area contributed by atoms with E-state index >= 15 is 0 Å². The summed E-state index contributed by atoms with van der Waals surface area (Å²) in [6.45, 7) is 4.89. The summed E-state index contributed by atoms with van der Waals surface area (Å²) in [6, 6.07) is 8.83. The van der Waals surface area contributed by atoms with E-state index in [1.165, 1.54) is 6.07 Å². The highest BCUT2D eigenvalue weighted by Gasteiger charge is 2.18. The number of aromatic nitrogens is 1. The van der Waals surface area contributed by atoms with Crippen LogP contribution in [0, 0.1) is 12.7 Å². The van der Waals surface area contributed by atoms with Crippen LogP contribution in [0.25, 0.3) is 0 Å². The first kappa shape index (κ1) is 15.9. The van der Waals surface area contributed by atoms with E-state index in [4.69, 9.17) is 11.6 Å². The maximum Gasteiger partial charge on any atom is 0.146 e. The summed E-state index contributed by atoms with van der Waals surface area (Å²) in [5.41, 5.74) is 2.56. The Bertz CT molecular complexity index is 601. The second-order valence-electron chi connectivity index (χ2n) is 5.18. The predicted molar refractivity (Wildman–Crippen MR) is 85.1 cm³/mol. The van der Waals surface area contributed by atoms with Crippen LogP contribution in [0.2, 0.25) is 5.02 Å². The van der Waals surface area contributed by atoms with Gasteiger partial charge in [-0.25, -0.2) is 4.39 Å². The lowest BCUT2D eigenvalue weighted by Crippen LogP contribution is -2.26. The molecule has 1 aromatic carbocycles. The SMILES string of the molecule is CCCNC(Cc1ccc(C)cc1Cl)c1ncccc1F. The summed E-state index contributed by atoms with van der Waals surface area (Å²) >= 11 is 6.29. The number of nitrogens with one attached hydrogen (secondary N) is 1. The molecule has 1 unspecified atom stereocenters. The molecule has 4 heteroatoms. The van der Waals surface area contributed by atoms with Gasteiger partial charge in [0, 0.05) is 11.2 Å². The van der Waals surface area contributed by atoms with Crippen LogP contribution in [0.5, 0.6) is 0 Å². The number of nitrogens with zero attached hydrogens (tertiary/aromatic N) is 1. The lowest BCUT2D eigenvalue weighted by atomic mass is 10.0. The molecule has 0 fully saturated rings. The van der Waals surface area contributed by atoms with Crippen molar-refractivity contribution >= 4 is 11.6 Å². The molecule has 2 rings (SSSR count). The fraction of sp³-hybridized carbons (Fsp3) is 0.353. The number of pyridine rings is 1. The van der Waals surface area contributed by atoms with E-state index in [9.17, 15) is 4.39 Å². The Balaban J connectivity index is 2.26. The summed E-state index contributed by atoms with van der Waals surface area (Å²) in [5.74, 6) is -0.283. The molecule has 2 nitrogen and oxygen atoms in total. The van der Waals surface area contributed by atoms with Gasteiger partial charge in [-0.2, -0.15) is 0 Å². The predicted octanol–water partition coefficient (Wildman–Crippen LogP) is 4.47. The van der Waals surface area contributed by atoms with Gasteiger partial charge in [0.25, 0.3) is 0 Å². The average Bonchev–Trinajstić information content (AvgIpc) is 2.46. The molecule has 112 valence electrons. The maximum absolute atomic E-state index is 14.0. The van der Waals surface area contributed by atoms with E-state index in [2.05, 4.69) is 17.2 Å². The highest BCUT2D eigenvalue weighted by molar-refractivity contribution is 6.31. The van der Waals surface area contributed by atoms with E-state index in [1.807, 2.05) is 25.1 Å². The first-order valence-electron chi connectivity index (χ1n) is 7.20. The third-order valence-electron chi connectivity index (χ3n) is 3.39. The lowest BCUT2D eigenvalue weighted by Gasteiger charge is -2.19. The summed E-state index contributed by atoms with van der Waals surface area (Å²) in [4.78, 5) is 4.19. The van der Waals surface area contributed by atoms with Gasteiger partial charge in [0.2, 0.25) is 0 Å². The van der Waals surface area contributed by atoms with E-state index < -0.39 is 0 Å². The number of rotatable bonds is 6. The molecular weight excluding hydrogens is 287 g/mol. The molecule has 0 aliphatic heterocycles. The molecule has 0 aliphatic carbocycles. The molecule has 1 atom stereocenters. The van der Waals surface area contributed by atoms with Crippen molar-refractivity contribution in [3.8, 4) is 0 Å². The number of halogens is 2. The van der Waals surface area contributed by atoms with Gasteiger partial charge in [0.15, 0.2) is 0 Å². The van der Waals surface area contributed by atoms with Gasteiger partial charge in [-0.15, -0.1) is 0 Å². The van der Waals surface area contributed by atoms with Crippen LogP contribution in [0.1, 0.15) is 36.2 Å². The summed E-state index contributed by atoms with van der Waals surface area (Å²) < 4.78 is 14.0. The zero-order valence-corrected chi connectivity index (χ0v) is 13.1. The van der Waals surface area contributed by atoms with Crippen molar-refractivity contribution in [3.05, 3.63) is 64.2 Å². The van der Waals surface area contributed by atoms with Crippen molar-refractivity contribution in [2.45, 2.75) is 32.7 Å².